The minimum Gasteiger partial charge on any atom is -0.468 e. The van der Waals surface area contributed by atoms with Crippen LogP contribution in [0.4, 0.5) is 0 Å². The van der Waals surface area contributed by atoms with Gasteiger partial charge in [-0.05, 0) is 45.2 Å². The van der Waals surface area contributed by atoms with E-state index in [-0.39, 0.29) is 12.0 Å². The predicted octanol–water partition coefficient (Wildman–Crippen LogP) is 0.766. The smallest absolute Gasteiger partial charge is 0.322 e. The van der Waals surface area contributed by atoms with Gasteiger partial charge in [-0.1, -0.05) is 0 Å². The minimum absolute atomic E-state index is 0.0775. The van der Waals surface area contributed by atoms with Crippen LogP contribution in [0, 0.1) is 0 Å². The van der Waals surface area contributed by atoms with Gasteiger partial charge in [-0.25, -0.2) is 0 Å². The van der Waals surface area contributed by atoms with E-state index >= 15 is 0 Å². The van der Waals surface area contributed by atoms with Crippen molar-refractivity contribution in [3.8, 4) is 0 Å². The van der Waals surface area contributed by atoms with Crippen LogP contribution in [0.2, 0.25) is 0 Å². The van der Waals surface area contributed by atoms with Crippen LogP contribution in [0.25, 0.3) is 0 Å². The van der Waals surface area contributed by atoms with Crippen molar-refractivity contribution in [2.24, 2.45) is 0 Å². The lowest BCUT2D eigenvalue weighted by Crippen LogP contribution is -2.51. The molecule has 2 heterocycles. The molecule has 2 aliphatic rings. The Morgan fingerprint density at radius 2 is 2.06 bits per heavy atom. The maximum Gasteiger partial charge on any atom is 0.322 e. The predicted molar refractivity (Wildman–Crippen MR) is 62.3 cm³/mol. The summed E-state index contributed by atoms with van der Waals surface area (Å²) in [6.07, 6.45) is 5.89. The monoisotopic (exact) mass is 226 g/mol. The van der Waals surface area contributed by atoms with Crippen molar-refractivity contribution in [2.75, 3.05) is 26.7 Å². The molecule has 0 aromatic heterocycles. The van der Waals surface area contributed by atoms with E-state index in [1.165, 1.54) is 39.5 Å². The van der Waals surface area contributed by atoms with E-state index in [2.05, 4.69) is 10.2 Å². The third kappa shape index (κ3) is 2.95. The van der Waals surface area contributed by atoms with Crippen molar-refractivity contribution in [2.45, 2.75) is 44.2 Å². The highest BCUT2D eigenvalue weighted by atomic mass is 16.5. The number of nitrogens with zero attached hydrogens (tertiary/aromatic N) is 1. The summed E-state index contributed by atoms with van der Waals surface area (Å²) in [5.74, 6) is -0.105. The Bertz CT molecular complexity index is 239. The van der Waals surface area contributed by atoms with Crippen LogP contribution >= 0.6 is 0 Å². The Kier molecular flexibility index (Phi) is 4.18. The Balaban J connectivity index is 1.79. The first-order valence-electron chi connectivity index (χ1n) is 6.36. The number of likely N-dealkylation sites (tertiary alicyclic amines) is 1. The van der Waals surface area contributed by atoms with Gasteiger partial charge in [0.1, 0.15) is 6.04 Å². The van der Waals surface area contributed by atoms with Crippen molar-refractivity contribution in [3.63, 3.8) is 0 Å². The summed E-state index contributed by atoms with van der Waals surface area (Å²) >= 11 is 0. The Morgan fingerprint density at radius 1 is 1.31 bits per heavy atom. The van der Waals surface area contributed by atoms with Gasteiger partial charge >= 0.3 is 5.97 Å². The number of hydrogen-bond acceptors (Lipinski definition) is 4. The molecule has 0 amide bonds. The Labute approximate surface area is 97.3 Å². The van der Waals surface area contributed by atoms with Gasteiger partial charge in [-0.15, -0.1) is 0 Å². The molecule has 2 aliphatic heterocycles. The van der Waals surface area contributed by atoms with Crippen molar-refractivity contribution >= 4 is 5.97 Å². The fourth-order valence-electron chi connectivity index (χ4n) is 2.77. The topological polar surface area (TPSA) is 41.6 Å². The summed E-state index contributed by atoms with van der Waals surface area (Å²) in [6, 6.07) is 0.391. The molecule has 2 fully saturated rings. The third-order valence-corrected chi connectivity index (χ3v) is 3.65. The molecule has 2 saturated heterocycles. The summed E-state index contributed by atoms with van der Waals surface area (Å²) in [6.45, 7) is 3.54. The lowest BCUT2D eigenvalue weighted by atomic mass is 9.98. The second-order valence-corrected chi connectivity index (χ2v) is 4.88. The minimum atomic E-state index is -0.105. The first-order valence-corrected chi connectivity index (χ1v) is 6.36. The molecule has 0 radical (unpaired) electrons. The average Bonchev–Trinajstić information content (AvgIpc) is 2.81. The van der Waals surface area contributed by atoms with E-state index in [1.54, 1.807) is 0 Å². The first-order chi connectivity index (χ1) is 7.79. The Morgan fingerprint density at radius 3 is 2.75 bits per heavy atom. The van der Waals surface area contributed by atoms with Crippen LogP contribution < -0.4 is 5.32 Å². The van der Waals surface area contributed by atoms with Gasteiger partial charge in [-0.2, -0.15) is 0 Å². The zero-order chi connectivity index (χ0) is 11.4. The number of ether oxygens (including phenoxy) is 1. The lowest BCUT2D eigenvalue weighted by molar-refractivity contribution is -0.144. The molecule has 4 nitrogen and oxygen atoms in total. The molecule has 0 aromatic rings. The molecule has 1 N–H and O–H groups in total. The van der Waals surface area contributed by atoms with E-state index < -0.39 is 0 Å². The van der Waals surface area contributed by atoms with Gasteiger partial charge in [0.05, 0.1) is 7.11 Å². The maximum atomic E-state index is 11.5. The van der Waals surface area contributed by atoms with Gasteiger partial charge in [0.25, 0.3) is 0 Å². The first kappa shape index (κ1) is 11.9. The molecule has 2 unspecified atom stereocenters. The number of esters is 1. The largest absolute Gasteiger partial charge is 0.468 e. The Hall–Kier alpha value is -0.610. The molecule has 4 heteroatoms. The van der Waals surface area contributed by atoms with Crippen molar-refractivity contribution in [1.29, 1.82) is 0 Å². The van der Waals surface area contributed by atoms with Gasteiger partial charge in [-0.3, -0.25) is 4.79 Å². The number of piperidine rings is 1. The standard InChI is InChI=1S/C12H22N2O2/c1-16-12(15)11-6-4-5-10(13-11)9-14-7-2-3-8-14/h10-11,13H,2-9H2,1H3. The number of hydrogen-bond donors (Lipinski definition) is 1. The highest BCUT2D eigenvalue weighted by molar-refractivity contribution is 5.75. The quantitative estimate of drug-likeness (QED) is 0.722. The highest BCUT2D eigenvalue weighted by Gasteiger charge is 2.28. The van der Waals surface area contributed by atoms with Gasteiger partial charge in [0.2, 0.25) is 0 Å². The molecule has 0 saturated carbocycles. The lowest BCUT2D eigenvalue weighted by Gasteiger charge is -2.32. The summed E-state index contributed by atoms with van der Waals surface area (Å²) in [4.78, 5) is 13.9. The summed E-state index contributed by atoms with van der Waals surface area (Å²) < 4.78 is 4.79. The normalized spacial score (nSPS) is 31.6. The molecule has 0 bridgehead atoms. The van der Waals surface area contributed by atoms with Crippen molar-refractivity contribution in [3.05, 3.63) is 0 Å². The zero-order valence-corrected chi connectivity index (χ0v) is 10.1. The maximum absolute atomic E-state index is 11.5. The SMILES string of the molecule is COC(=O)C1CCCC(CN2CCCC2)N1. The summed E-state index contributed by atoms with van der Waals surface area (Å²) in [5, 5.41) is 3.41. The fourth-order valence-corrected chi connectivity index (χ4v) is 2.77. The molecule has 0 spiro atoms. The number of carbonyl (C=O) groups is 1. The fraction of sp³-hybridized carbons (Fsp3) is 0.917. The average molecular weight is 226 g/mol. The van der Waals surface area contributed by atoms with Crippen LogP contribution in [0.3, 0.4) is 0 Å². The molecular formula is C12H22N2O2. The van der Waals surface area contributed by atoms with Crippen LogP contribution in [-0.4, -0.2) is 49.7 Å². The van der Waals surface area contributed by atoms with Crippen LogP contribution in [0.15, 0.2) is 0 Å². The van der Waals surface area contributed by atoms with E-state index in [0.717, 1.165) is 19.4 Å². The number of carbonyl (C=O) groups excluding carboxylic acids is 1. The zero-order valence-electron chi connectivity index (χ0n) is 10.1. The molecule has 0 aromatic carbocycles. The van der Waals surface area contributed by atoms with E-state index in [0.29, 0.717) is 6.04 Å². The van der Waals surface area contributed by atoms with Crippen LogP contribution in [0.1, 0.15) is 32.1 Å². The van der Waals surface area contributed by atoms with Gasteiger partial charge < -0.3 is 15.0 Å². The van der Waals surface area contributed by atoms with Gasteiger partial charge in [0, 0.05) is 12.6 Å². The number of nitrogens with one attached hydrogen (secondary N) is 1. The molecule has 92 valence electrons. The molecule has 0 aliphatic carbocycles. The van der Waals surface area contributed by atoms with Gasteiger partial charge in [0.15, 0.2) is 0 Å². The van der Waals surface area contributed by atoms with Crippen LogP contribution in [-0.2, 0) is 9.53 Å². The van der Waals surface area contributed by atoms with E-state index in [9.17, 15) is 4.79 Å². The third-order valence-electron chi connectivity index (χ3n) is 3.65. The van der Waals surface area contributed by atoms with Crippen LogP contribution in [0.5, 0.6) is 0 Å². The summed E-state index contributed by atoms with van der Waals surface area (Å²) in [5.41, 5.74) is 0. The van der Waals surface area contributed by atoms with E-state index in [4.69, 9.17) is 4.74 Å². The molecule has 2 rings (SSSR count). The van der Waals surface area contributed by atoms with Crippen molar-refractivity contribution < 1.29 is 9.53 Å². The molecule has 16 heavy (non-hydrogen) atoms. The number of rotatable bonds is 3. The number of methoxy groups -OCH3 is 1. The second kappa shape index (κ2) is 5.64. The second-order valence-electron chi connectivity index (χ2n) is 4.88. The summed E-state index contributed by atoms with van der Waals surface area (Å²) in [7, 11) is 1.47. The van der Waals surface area contributed by atoms with E-state index in [1.807, 2.05) is 0 Å². The molecule has 2 atom stereocenters. The highest BCUT2D eigenvalue weighted by Crippen LogP contribution is 2.16. The van der Waals surface area contributed by atoms with Crippen molar-refractivity contribution in [1.82, 2.24) is 10.2 Å². The molecular weight excluding hydrogens is 204 g/mol.